The summed E-state index contributed by atoms with van der Waals surface area (Å²) in [7, 11) is 0. The standard InChI is InChI=1S/C30H42N2O5/c1-29(2,3)37-28(34)32-18-17-30(31,21-33)27(32)20-35-24-15-13-23(14-16-24)25-11-7-8-12-26(25)36-19-22-9-5-4-6-10-22/h4-12,23-24,27,33H,13-21,31H2,1-3H3/t23?,24?,27-,30+/m0/s1. The Morgan fingerprint density at radius 2 is 1.73 bits per heavy atom. The minimum absolute atomic E-state index is 0.0951. The number of likely N-dealkylation sites (tertiary alicyclic amines) is 1. The van der Waals surface area contributed by atoms with Gasteiger partial charge in [0.1, 0.15) is 18.0 Å². The molecule has 0 bridgehead atoms. The number of carbonyl (C=O) groups is 1. The number of nitrogens with zero attached hydrogens (tertiary/aromatic N) is 1. The Morgan fingerprint density at radius 1 is 1.05 bits per heavy atom. The van der Waals surface area contributed by atoms with E-state index in [4.69, 9.17) is 19.9 Å². The number of nitrogens with two attached hydrogens (primary N) is 1. The molecule has 3 N–H and O–H groups in total. The summed E-state index contributed by atoms with van der Waals surface area (Å²) in [6, 6.07) is 18.1. The van der Waals surface area contributed by atoms with E-state index in [0.717, 1.165) is 37.0 Å². The van der Waals surface area contributed by atoms with Gasteiger partial charge >= 0.3 is 6.09 Å². The predicted octanol–water partition coefficient (Wildman–Crippen LogP) is 5.01. The molecule has 0 unspecified atom stereocenters. The van der Waals surface area contributed by atoms with Gasteiger partial charge in [0.2, 0.25) is 0 Å². The van der Waals surface area contributed by atoms with Crippen LogP contribution in [0.3, 0.4) is 0 Å². The highest BCUT2D eigenvalue weighted by atomic mass is 16.6. The maximum atomic E-state index is 12.8. The molecule has 1 amide bonds. The van der Waals surface area contributed by atoms with Crippen LogP contribution in [0.2, 0.25) is 0 Å². The van der Waals surface area contributed by atoms with Crippen LogP contribution in [-0.4, -0.2) is 59.1 Å². The molecule has 7 nitrogen and oxygen atoms in total. The Balaban J connectivity index is 1.32. The monoisotopic (exact) mass is 510 g/mol. The van der Waals surface area contributed by atoms with Gasteiger partial charge in [-0.15, -0.1) is 0 Å². The number of ether oxygens (including phenoxy) is 3. The van der Waals surface area contributed by atoms with E-state index >= 15 is 0 Å². The van der Waals surface area contributed by atoms with Gasteiger partial charge < -0.3 is 30.0 Å². The number of aliphatic hydroxyl groups is 1. The average molecular weight is 511 g/mol. The van der Waals surface area contributed by atoms with Crippen molar-refractivity contribution in [3.05, 3.63) is 65.7 Å². The van der Waals surface area contributed by atoms with Gasteiger partial charge in [0.05, 0.1) is 30.9 Å². The smallest absolute Gasteiger partial charge is 0.410 e. The lowest BCUT2D eigenvalue weighted by molar-refractivity contribution is -0.0296. The second kappa shape index (κ2) is 11.8. The van der Waals surface area contributed by atoms with Crippen molar-refractivity contribution in [2.45, 2.75) is 88.7 Å². The number of amides is 1. The lowest BCUT2D eigenvalue weighted by Gasteiger charge is -2.36. The summed E-state index contributed by atoms with van der Waals surface area (Å²) >= 11 is 0. The van der Waals surface area contributed by atoms with Crippen molar-refractivity contribution in [1.29, 1.82) is 0 Å². The maximum Gasteiger partial charge on any atom is 0.410 e. The van der Waals surface area contributed by atoms with Crippen molar-refractivity contribution in [3.8, 4) is 5.75 Å². The lowest BCUT2D eigenvalue weighted by atomic mass is 9.82. The summed E-state index contributed by atoms with van der Waals surface area (Å²) in [5, 5.41) is 10.00. The molecular weight excluding hydrogens is 468 g/mol. The summed E-state index contributed by atoms with van der Waals surface area (Å²) < 4.78 is 18.1. The fraction of sp³-hybridized carbons (Fsp3) is 0.567. The highest BCUT2D eigenvalue weighted by Crippen LogP contribution is 2.39. The van der Waals surface area contributed by atoms with Crippen LogP contribution in [-0.2, 0) is 16.1 Å². The minimum Gasteiger partial charge on any atom is -0.489 e. The molecule has 1 aliphatic carbocycles. The van der Waals surface area contributed by atoms with Gasteiger partial charge in [-0.05, 0) is 76.0 Å². The van der Waals surface area contributed by atoms with E-state index in [1.807, 2.05) is 45.0 Å². The van der Waals surface area contributed by atoms with Crippen LogP contribution in [0, 0.1) is 0 Å². The van der Waals surface area contributed by atoms with Crippen LogP contribution in [0.25, 0.3) is 0 Å². The molecule has 2 fully saturated rings. The van der Waals surface area contributed by atoms with Gasteiger partial charge in [-0.2, -0.15) is 0 Å². The van der Waals surface area contributed by atoms with E-state index in [1.54, 1.807) is 4.90 Å². The highest BCUT2D eigenvalue weighted by molar-refractivity contribution is 5.69. The molecule has 0 radical (unpaired) electrons. The molecular formula is C30H42N2O5. The molecule has 0 spiro atoms. The van der Waals surface area contributed by atoms with Gasteiger partial charge in [0, 0.05) is 6.54 Å². The number of aliphatic hydroxyl groups excluding tert-OH is 1. The first-order valence-electron chi connectivity index (χ1n) is 13.4. The third kappa shape index (κ3) is 7.03. The summed E-state index contributed by atoms with van der Waals surface area (Å²) in [6.07, 6.45) is 4.06. The Morgan fingerprint density at radius 3 is 2.41 bits per heavy atom. The zero-order chi connectivity index (χ0) is 26.5. The molecule has 37 heavy (non-hydrogen) atoms. The van der Waals surface area contributed by atoms with Crippen LogP contribution in [0.15, 0.2) is 54.6 Å². The number of rotatable bonds is 8. The minimum atomic E-state index is -0.886. The molecule has 7 heteroatoms. The van der Waals surface area contributed by atoms with Crippen molar-refractivity contribution in [3.63, 3.8) is 0 Å². The third-order valence-electron chi connectivity index (χ3n) is 7.54. The van der Waals surface area contributed by atoms with Crippen molar-refractivity contribution in [1.82, 2.24) is 4.90 Å². The van der Waals surface area contributed by atoms with Crippen molar-refractivity contribution in [2.75, 3.05) is 19.8 Å². The second-order valence-corrected chi connectivity index (χ2v) is 11.4. The van der Waals surface area contributed by atoms with Gasteiger partial charge in [-0.1, -0.05) is 48.5 Å². The molecule has 202 valence electrons. The number of hydrogen-bond donors (Lipinski definition) is 2. The van der Waals surface area contributed by atoms with Crippen LogP contribution < -0.4 is 10.5 Å². The largest absolute Gasteiger partial charge is 0.489 e. The number of hydrogen-bond acceptors (Lipinski definition) is 6. The normalized spacial score (nSPS) is 26.2. The first kappa shape index (κ1) is 27.4. The van der Waals surface area contributed by atoms with Gasteiger partial charge in [0.25, 0.3) is 0 Å². The van der Waals surface area contributed by atoms with E-state index < -0.39 is 23.3 Å². The number of carbonyl (C=O) groups excluding carboxylic acids is 1. The summed E-state index contributed by atoms with van der Waals surface area (Å²) in [4.78, 5) is 14.4. The maximum absolute atomic E-state index is 12.8. The quantitative estimate of drug-likeness (QED) is 0.519. The van der Waals surface area contributed by atoms with Crippen LogP contribution >= 0.6 is 0 Å². The molecule has 1 aliphatic heterocycles. The molecule has 1 heterocycles. The Labute approximate surface area is 220 Å². The van der Waals surface area contributed by atoms with E-state index in [0.29, 0.717) is 32.1 Å². The molecule has 2 aromatic rings. The highest BCUT2D eigenvalue weighted by Gasteiger charge is 2.48. The lowest BCUT2D eigenvalue weighted by Crippen LogP contribution is -2.58. The second-order valence-electron chi connectivity index (χ2n) is 11.4. The molecule has 2 atom stereocenters. The Kier molecular flexibility index (Phi) is 8.78. The molecule has 1 saturated heterocycles. The van der Waals surface area contributed by atoms with Crippen LogP contribution in [0.4, 0.5) is 4.79 Å². The van der Waals surface area contributed by atoms with Gasteiger partial charge in [-0.3, -0.25) is 0 Å². The fourth-order valence-corrected chi connectivity index (χ4v) is 5.39. The zero-order valence-corrected chi connectivity index (χ0v) is 22.4. The fourth-order valence-electron chi connectivity index (χ4n) is 5.39. The summed E-state index contributed by atoms with van der Waals surface area (Å²) in [5.41, 5.74) is 7.43. The van der Waals surface area contributed by atoms with Gasteiger partial charge in [-0.25, -0.2) is 4.79 Å². The van der Waals surface area contributed by atoms with Crippen LogP contribution in [0.5, 0.6) is 5.75 Å². The van der Waals surface area contributed by atoms with Gasteiger partial charge in [0.15, 0.2) is 0 Å². The molecule has 0 aromatic heterocycles. The molecule has 1 saturated carbocycles. The first-order valence-corrected chi connectivity index (χ1v) is 13.4. The third-order valence-corrected chi connectivity index (χ3v) is 7.54. The summed E-state index contributed by atoms with van der Waals surface area (Å²) in [6.45, 7) is 6.63. The first-order chi connectivity index (χ1) is 17.7. The van der Waals surface area contributed by atoms with Crippen molar-refractivity contribution in [2.24, 2.45) is 5.73 Å². The topological polar surface area (TPSA) is 94.3 Å². The summed E-state index contributed by atoms with van der Waals surface area (Å²) in [5.74, 6) is 1.37. The van der Waals surface area contributed by atoms with E-state index in [1.165, 1.54) is 5.56 Å². The molecule has 2 aromatic carbocycles. The number of benzene rings is 2. The van der Waals surface area contributed by atoms with E-state index in [2.05, 4.69) is 30.3 Å². The number of para-hydroxylation sites is 1. The van der Waals surface area contributed by atoms with Crippen molar-refractivity contribution < 1.29 is 24.1 Å². The van der Waals surface area contributed by atoms with E-state index in [-0.39, 0.29) is 12.7 Å². The molecule has 2 aliphatic rings. The van der Waals surface area contributed by atoms with Crippen LogP contribution in [0.1, 0.15) is 69.9 Å². The average Bonchev–Trinajstić information content (AvgIpc) is 3.23. The Bertz CT molecular complexity index is 1020. The van der Waals surface area contributed by atoms with Crippen molar-refractivity contribution >= 4 is 6.09 Å². The zero-order valence-electron chi connectivity index (χ0n) is 22.4. The SMILES string of the molecule is CC(C)(C)OC(=O)N1CC[C@@](N)(CO)[C@@H]1COC1CCC(c2ccccc2OCc2ccccc2)CC1. The van der Waals surface area contributed by atoms with E-state index in [9.17, 15) is 9.90 Å². The molecule has 4 rings (SSSR count). The Hall–Kier alpha value is -2.61. The predicted molar refractivity (Wildman–Crippen MR) is 144 cm³/mol.